The van der Waals surface area contributed by atoms with Crippen molar-refractivity contribution in [1.29, 1.82) is 0 Å². The third kappa shape index (κ3) is 3.28. The van der Waals surface area contributed by atoms with Crippen LogP contribution in [0.2, 0.25) is 0 Å². The second-order valence-electron chi connectivity index (χ2n) is 5.14. The predicted molar refractivity (Wildman–Crippen MR) is 84.6 cm³/mol. The smallest absolute Gasteiger partial charge is 0.172 e. The third-order valence-electron chi connectivity index (χ3n) is 3.46. The fourth-order valence-corrected chi connectivity index (χ4v) is 2.35. The third-order valence-corrected chi connectivity index (χ3v) is 3.46. The average Bonchev–Trinajstić information content (AvgIpc) is 2.95. The van der Waals surface area contributed by atoms with Gasteiger partial charge in [0.05, 0.1) is 6.54 Å². The van der Waals surface area contributed by atoms with E-state index < -0.39 is 0 Å². The molecule has 4 heteroatoms. The molecule has 0 radical (unpaired) electrons. The zero-order chi connectivity index (χ0) is 15.4. The summed E-state index contributed by atoms with van der Waals surface area (Å²) in [5.74, 6) is 1.76. The van der Waals surface area contributed by atoms with Gasteiger partial charge in [-0.2, -0.15) is 0 Å². The van der Waals surface area contributed by atoms with Crippen molar-refractivity contribution in [2.75, 3.05) is 13.2 Å². The minimum atomic E-state index is -0.306. The summed E-state index contributed by atoms with van der Waals surface area (Å²) in [6.45, 7) is 3.56. The summed E-state index contributed by atoms with van der Waals surface area (Å²) in [7, 11) is 0. The Morgan fingerprint density at radius 1 is 1.09 bits per heavy atom. The van der Waals surface area contributed by atoms with Crippen molar-refractivity contribution in [1.82, 2.24) is 5.32 Å². The van der Waals surface area contributed by atoms with Gasteiger partial charge in [0.25, 0.3) is 0 Å². The highest BCUT2D eigenvalue weighted by atomic mass is 19.1. The maximum absolute atomic E-state index is 14.3. The van der Waals surface area contributed by atoms with Crippen LogP contribution in [0.5, 0.6) is 5.75 Å². The lowest BCUT2D eigenvalue weighted by Crippen LogP contribution is -2.20. The standard InChI is InChI=1S/C18H18FNO2/c1-13-6-8-15(22-13)12-20-10-11-21-17-9-7-14-4-2-3-5-16(14)18(17)19/h2-9,20H,10-12H2,1H3. The number of fused-ring (bicyclic) bond motifs is 1. The van der Waals surface area contributed by atoms with Crippen LogP contribution in [0.25, 0.3) is 10.8 Å². The van der Waals surface area contributed by atoms with Gasteiger partial charge in [0.15, 0.2) is 11.6 Å². The van der Waals surface area contributed by atoms with Gasteiger partial charge >= 0.3 is 0 Å². The van der Waals surface area contributed by atoms with E-state index in [1.165, 1.54) is 0 Å². The van der Waals surface area contributed by atoms with Crippen LogP contribution in [0.3, 0.4) is 0 Å². The van der Waals surface area contributed by atoms with Crippen molar-refractivity contribution in [3.05, 3.63) is 65.9 Å². The number of hydrogen-bond acceptors (Lipinski definition) is 3. The molecule has 0 spiro atoms. The fourth-order valence-electron chi connectivity index (χ4n) is 2.35. The molecule has 0 aliphatic rings. The molecule has 0 amide bonds. The van der Waals surface area contributed by atoms with E-state index in [-0.39, 0.29) is 11.6 Å². The molecule has 0 saturated heterocycles. The van der Waals surface area contributed by atoms with E-state index in [1.807, 2.05) is 43.3 Å². The molecule has 114 valence electrons. The number of ether oxygens (including phenoxy) is 1. The van der Waals surface area contributed by atoms with Gasteiger partial charge in [0.1, 0.15) is 18.1 Å². The highest BCUT2D eigenvalue weighted by molar-refractivity contribution is 5.84. The van der Waals surface area contributed by atoms with E-state index in [2.05, 4.69) is 5.32 Å². The molecular weight excluding hydrogens is 281 g/mol. The molecule has 3 nitrogen and oxygen atoms in total. The number of hydrogen-bond donors (Lipinski definition) is 1. The second kappa shape index (κ2) is 6.62. The van der Waals surface area contributed by atoms with E-state index in [9.17, 15) is 4.39 Å². The first-order valence-corrected chi connectivity index (χ1v) is 7.30. The molecule has 22 heavy (non-hydrogen) atoms. The Morgan fingerprint density at radius 3 is 2.77 bits per heavy atom. The second-order valence-corrected chi connectivity index (χ2v) is 5.14. The lowest BCUT2D eigenvalue weighted by molar-refractivity contribution is 0.297. The van der Waals surface area contributed by atoms with Crippen molar-refractivity contribution in [2.45, 2.75) is 13.5 Å². The summed E-state index contributed by atoms with van der Waals surface area (Å²) in [5.41, 5.74) is 0. The molecule has 0 aliphatic heterocycles. The monoisotopic (exact) mass is 299 g/mol. The van der Waals surface area contributed by atoms with E-state index >= 15 is 0 Å². The highest BCUT2D eigenvalue weighted by Gasteiger charge is 2.07. The maximum Gasteiger partial charge on any atom is 0.172 e. The first-order valence-electron chi connectivity index (χ1n) is 7.30. The van der Waals surface area contributed by atoms with E-state index in [1.54, 1.807) is 12.1 Å². The van der Waals surface area contributed by atoms with E-state index in [4.69, 9.17) is 9.15 Å². The van der Waals surface area contributed by atoms with Gasteiger partial charge in [0.2, 0.25) is 0 Å². The number of furan rings is 1. The van der Waals surface area contributed by atoms with Gasteiger partial charge in [-0.15, -0.1) is 0 Å². The van der Waals surface area contributed by atoms with Crippen molar-refractivity contribution in [3.63, 3.8) is 0 Å². The van der Waals surface area contributed by atoms with Gasteiger partial charge < -0.3 is 14.5 Å². The Hall–Kier alpha value is -2.33. The summed E-state index contributed by atoms with van der Waals surface area (Å²) in [4.78, 5) is 0. The normalized spacial score (nSPS) is 11.0. The first-order chi connectivity index (χ1) is 10.7. The summed E-state index contributed by atoms with van der Waals surface area (Å²) in [6.07, 6.45) is 0. The van der Waals surface area contributed by atoms with Gasteiger partial charge in [-0.3, -0.25) is 0 Å². The molecule has 0 aliphatic carbocycles. The number of rotatable bonds is 6. The molecule has 3 rings (SSSR count). The zero-order valence-corrected chi connectivity index (χ0v) is 12.4. The van der Waals surface area contributed by atoms with Crippen LogP contribution < -0.4 is 10.1 Å². The molecule has 1 aromatic heterocycles. The Kier molecular flexibility index (Phi) is 4.39. The molecular formula is C18H18FNO2. The summed E-state index contributed by atoms with van der Waals surface area (Å²) in [6, 6.07) is 14.8. The molecule has 1 N–H and O–H groups in total. The molecule has 0 saturated carbocycles. The predicted octanol–water partition coefficient (Wildman–Crippen LogP) is 4.05. The van der Waals surface area contributed by atoms with Gasteiger partial charge in [-0.05, 0) is 30.5 Å². The average molecular weight is 299 g/mol. The fraction of sp³-hybridized carbons (Fsp3) is 0.222. The lowest BCUT2D eigenvalue weighted by atomic mass is 10.1. The molecule has 0 unspecified atom stereocenters. The van der Waals surface area contributed by atoms with Gasteiger partial charge in [0, 0.05) is 11.9 Å². The summed E-state index contributed by atoms with van der Waals surface area (Å²) < 4.78 is 25.3. The summed E-state index contributed by atoms with van der Waals surface area (Å²) >= 11 is 0. The van der Waals surface area contributed by atoms with Crippen LogP contribution >= 0.6 is 0 Å². The molecule has 0 fully saturated rings. The molecule has 1 heterocycles. The Morgan fingerprint density at radius 2 is 1.95 bits per heavy atom. The number of aryl methyl sites for hydroxylation is 1. The van der Waals surface area contributed by atoms with Crippen LogP contribution in [0, 0.1) is 12.7 Å². The van der Waals surface area contributed by atoms with E-state index in [0.717, 1.165) is 16.9 Å². The van der Waals surface area contributed by atoms with Crippen LogP contribution in [0.15, 0.2) is 52.9 Å². The SMILES string of the molecule is Cc1ccc(CNCCOc2ccc3ccccc3c2F)o1. The van der Waals surface area contributed by atoms with Gasteiger partial charge in [-0.25, -0.2) is 4.39 Å². The number of halogens is 1. The first kappa shape index (κ1) is 14.6. The van der Waals surface area contributed by atoms with Crippen molar-refractivity contribution < 1.29 is 13.5 Å². The zero-order valence-electron chi connectivity index (χ0n) is 12.4. The van der Waals surface area contributed by atoms with Crippen molar-refractivity contribution >= 4 is 10.8 Å². The quantitative estimate of drug-likeness (QED) is 0.697. The summed E-state index contributed by atoms with van der Waals surface area (Å²) in [5, 5.41) is 4.66. The minimum absolute atomic E-state index is 0.286. The Labute approximate surface area is 128 Å². The van der Waals surface area contributed by atoms with Gasteiger partial charge in [-0.1, -0.05) is 30.3 Å². The molecule has 2 aromatic carbocycles. The minimum Gasteiger partial charge on any atom is -0.489 e. The molecule has 0 bridgehead atoms. The van der Waals surface area contributed by atoms with Crippen LogP contribution in [-0.2, 0) is 6.54 Å². The van der Waals surface area contributed by atoms with Crippen LogP contribution in [0.1, 0.15) is 11.5 Å². The van der Waals surface area contributed by atoms with Crippen molar-refractivity contribution in [2.24, 2.45) is 0 Å². The Balaban J connectivity index is 1.52. The maximum atomic E-state index is 14.3. The highest BCUT2D eigenvalue weighted by Crippen LogP contribution is 2.25. The number of nitrogens with one attached hydrogen (secondary N) is 1. The van der Waals surface area contributed by atoms with Crippen LogP contribution in [0.4, 0.5) is 4.39 Å². The number of benzene rings is 2. The Bertz CT molecular complexity index is 767. The van der Waals surface area contributed by atoms with Crippen molar-refractivity contribution in [3.8, 4) is 5.75 Å². The lowest BCUT2D eigenvalue weighted by Gasteiger charge is -2.09. The topological polar surface area (TPSA) is 34.4 Å². The molecule has 3 aromatic rings. The largest absolute Gasteiger partial charge is 0.489 e. The molecule has 0 atom stereocenters. The van der Waals surface area contributed by atoms with Crippen LogP contribution in [-0.4, -0.2) is 13.2 Å². The van der Waals surface area contributed by atoms with E-state index in [0.29, 0.717) is 25.1 Å².